The molecule has 0 saturated carbocycles. The first-order valence-corrected chi connectivity index (χ1v) is 6.56. The Balaban J connectivity index is 1.96. The van der Waals surface area contributed by atoms with Gasteiger partial charge in [0.25, 0.3) is 0 Å². The molecule has 0 amide bonds. The SMILES string of the molecule is CC=CCN1CCN(c2ccccc2OC)CC1. The minimum atomic E-state index is 0.972. The lowest BCUT2D eigenvalue weighted by Crippen LogP contribution is -2.46. The third-order valence-corrected chi connectivity index (χ3v) is 3.40. The van der Waals surface area contributed by atoms with E-state index in [0.717, 1.165) is 38.5 Å². The first kappa shape index (κ1) is 13.0. The zero-order chi connectivity index (χ0) is 12.8. The van der Waals surface area contributed by atoms with Crippen molar-refractivity contribution < 1.29 is 4.74 Å². The maximum absolute atomic E-state index is 5.42. The third-order valence-electron chi connectivity index (χ3n) is 3.40. The molecule has 1 fully saturated rings. The second-order valence-electron chi connectivity index (χ2n) is 4.53. The number of para-hydroxylation sites is 2. The van der Waals surface area contributed by atoms with Crippen molar-refractivity contribution in [2.45, 2.75) is 6.92 Å². The minimum absolute atomic E-state index is 0.972. The summed E-state index contributed by atoms with van der Waals surface area (Å²) in [6.07, 6.45) is 4.34. The van der Waals surface area contributed by atoms with Crippen LogP contribution in [-0.4, -0.2) is 44.7 Å². The Labute approximate surface area is 110 Å². The number of nitrogens with zero attached hydrogens (tertiary/aromatic N) is 2. The lowest BCUT2D eigenvalue weighted by molar-refractivity contribution is 0.283. The number of hydrogen-bond donors (Lipinski definition) is 0. The maximum atomic E-state index is 5.42. The Morgan fingerprint density at radius 3 is 2.56 bits per heavy atom. The van der Waals surface area contributed by atoms with Crippen LogP contribution in [-0.2, 0) is 0 Å². The molecule has 0 N–H and O–H groups in total. The summed E-state index contributed by atoms with van der Waals surface area (Å²) in [5.74, 6) is 0.972. The number of hydrogen-bond acceptors (Lipinski definition) is 3. The van der Waals surface area contributed by atoms with Crippen LogP contribution in [0.25, 0.3) is 0 Å². The summed E-state index contributed by atoms with van der Waals surface area (Å²) in [6.45, 7) is 7.50. The van der Waals surface area contributed by atoms with Crippen LogP contribution >= 0.6 is 0 Å². The molecule has 3 heteroatoms. The van der Waals surface area contributed by atoms with Crippen molar-refractivity contribution in [2.24, 2.45) is 0 Å². The Kier molecular flexibility index (Phi) is 4.65. The molecule has 98 valence electrons. The van der Waals surface area contributed by atoms with Crippen molar-refractivity contribution in [3.8, 4) is 5.75 Å². The van der Waals surface area contributed by atoms with Gasteiger partial charge in [-0.25, -0.2) is 0 Å². The molecule has 1 aromatic carbocycles. The lowest BCUT2D eigenvalue weighted by Gasteiger charge is -2.36. The van der Waals surface area contributed by atoms with Crippen molar-refractivity contribution in [3.63, 3.8) is 0 Å². The summed E-state index contributed by atoms with van der Waals surface area (Å²) in [5.41, 5.74) is 1.21. The molecular weight excluding hydrogens is 224 g/mol. The smallest absolute Gasteiger partial charge is 0.142 e. The number of methoxy groups -OCH3 is 1. The fourth-order valence-electron chi connectivity index (χ4n) is 2.32. The molecule has 0 spiro atoms. The Morgan fingerprint density at radius 2 is 1.89 bits per heavy atom. The van der Waals surface area contributed by atoms with Gasteiger partial charge in [-0.2, -0.15) is 0 Å². The van der Waals surface area contributed by atoms with E-state index in [4.69, 9.17) is 4.74 Å². The number of benzene rings is 1. The van der Waals surface area contributed by atoms with Crippen LogP contribution in [0.1, 0.15) is 6.92 Å². The molecule has 0 bridgehead atoms. The van der Waals surface area contributed by atoms with Crippen LogP contribution < -0.4 is 9.64 Å². The highest BCUT2D eigenvalue weighted by Crippen LogP contribution is 2.28. The summed E-state index contributed by atoms with van der Waals surface area (Å²) in [4.78, 5) is 4.89. The van der Waals surface area contributed by atoms with E-state index < -0.39 is 0 Å². The lowest BCUT2D eigenvalue weighted by atomic mass is 10.2. The highest BCUT2D eigenvalue weighted by molar-refractivity contribution is 5.58. The Morgan fingerprint density at radius 1 is 1.17 bits per heavy atom. The van der Waals surface area contributed by atoms with Crippen LogP contribution in [0.2, 0.25) is 0 Å². The Bertz CT molecular complexity index is 395. The molecule has 1 aliphatic rings. The van der Waals surface area contributed by atoms with Gasteiger partial charge in [0.1, 0.15) is 5.75 Å². The molecule has 0 atom stereocenters. The van der Waals surface area contributed by atoms with E-state index in [-0.39, 0.29) is 0 Å². The molecule has 0 unspecified atom stereocenters. The van der Waals surface area contributed by atoms with E-state index in [1.807, 2.05) is 12.1 Å². The van der Waals surface area contributed by atoms with E-state index in [0.29, 0.717) is 0 Å². The van der Waals surface area contributed by atoms with Crippen molar-refractivity contribution in [1.29, 1.82) is 0 Å². The van der Waals surface area contributed by atoms with Gasteiger partial charge in [-0.15, -0.1) is 0 Å². The monoisotopic (exact) mass is 246 g/mol. The Hall–Kier alpha value is -1.48. The standard InChI is InChI=1S/C15H22N2O/c1-3-4-9-16-10-12-17(13-11-16)14-7-5-6-8-15(14)18-2/h3-8H,9-13H2,1-2H3. The maximum Gasteiger partial charge on any atom is 0.142 e. The number of piperazine rings is 1. The topological polar surface area (TPSA) is 15.7 Å². The van der Waals surface area contributed by atoms with Crippen LogP contribution in [0.4, 0.5) is 5.69 Å². The summed E-state index contributed by atoms with van der Waals surface area (Å²) < 4.78 is 5.42. The normalized spacial score (nSPS) is 17.3. The minimum Gasteiger partial charge on any atom is -0.495 e. The van der Waals surface area contributed by atoms with Gasteiger partial charge >= 0.3 is 0 Å². The van der Waals surface area contributed by atoms with Crippen LogP contribution in [0.3, 0.4) is 0 Å². The fourth-order valence-corrected chi connectivity index (χ4v) is 2.32. The molecule has 1 saturated heterocycles. The molecule has 18 heavy (non-hydrogen) atoms. The average molecular weight is 246 g/mol. The van der Waals surface area contributed by atoms with Gasteiger partial charge in [0.05, 0.1) is 12.8 Å². The van der Waals surface area contributed by atoms with Crippen molar-refractivity contribution in [1.82, 2.24) is 4.90 Å². The van der Waals surface area contributed by atoms with Gasteiger partial charge in [0.15, 0.2) is 0 Å². The van der Waals surface area contributed by atoms with Crippen molar-refractivity contribution in [3.05, 3.63) is 36.4 Å². The summed E-state index contributed by atoms with van der Waals surface area (Å²) in [7, 11) is 1.74. The largest absolute Gasteiger partial charge is 0.495 e. The number of allylic oxidation sites excluding steroid dienone is 1. The molecule has 1 heterocycles. The molecule has 1 aromatic rings. The molecule has 0 radical (unpaired) electrons. The van der Waals surface area contributed by atoms with Crippen molar-refractivity contribution in [2.75, 3.05) is 44.7 Å². The fraction of sp³-hybridized carbons (Fsp3) is 0.467. The van der Waals surface area contributed by atoms with Crippen LogP contribution in [0.15, 0.2) is 36.4 Å². The highest BCUT2D eigenvalue weighted by atomic mass is 16.5. The zero-order valence-electron chi connectivity index (χ0n) is 11.3. The zero-order valence-corrected chi connectivity index (χ0v) is 11.3. The first-order chi connectivity index (χ1) is 8.85. The first-order valence-electron chi connectivity index (χ1n) is 6.56. The van der Waals surface area contributed by atoms with E-state index in [1.165, 1.54) is 5.69 Å². The molecule has 0 aliphatic carbocycles. The van der Waals surface area contributed by atoms with Gasteiger partial charge in [-0.3, -0.25) is 4.90 Å². The average Bonchev–Trinajstić information content (AvgIpc) is 2.45. The van der Waals surface area contributed by atoms with Gasteiger partial charge < -0.3 is 9.64 Å². The summed E-state index contributed by atoms with van der Waals surface area (Å²) in [6, 6.07) is 8.26. The molecule has 2 rings (SSSR count). The van der Waals surface area contributed by atoms with Gasteiger partial charge in [-0.05, 0) is 19.1 Å². The predicted molar refractivity (Wildman–Crippen MR) is 76.5 cm³/mol. The number of rotatable bonds is 4. The van der Waals surface area contributed by atoms with Gasteiger partial charge in [0, 0.05) is 32.7 Å². The van der Waals surface area contributed by atoms with Crippen LogP contribution in [0.5, 0.6) is 5.75 Å². The molecule has 0 aromatic heterocycles. The van der Waals surface area contributed by atoms with E-state index in [9.17, 15) is 0 Å². The van der Waals surface area contributed by atoms with E-state index in [1.54, 1.807) is 7.11 Å². The number of ether oxygens (including phenoxy) is 1. The van der Waals surface area contributed by atoms with Gasteiger partial charge in [0.2, 0.25) is 0 Å². The summed E-state index contributed by atoms with van der Waals surface area (Å²) in [5, 5.41) is 0. The molecular formula is C15H22N2O. The molecule has 3 nitrogen and oxygen atoms in total. The van der Waals surface area contributed by atoms with Crippen LogP contribution in [0, 0.1) is 0 Å². The van der Waals surface area contributed by atoms with E-state index >= 15 is 0 Å². The summed E-state index contributed by atoms with van der Waals surface area (Å²) >= 11 is 0. The molecule has 1 aliphatic heterocycles. The van der Waals surface area contributed by atoms with E-state index in [2.05, 4.69) is 41.0 Å². The quantitative estimate of drug-likeness (QED) is 0.759. The highest BCUT2D eigenvalue weighted by Gasteiger charge is 2.18. The predicted octanol–water partition coefficient (Wildman–Crippen LogP) is 2.39. The van der Waals surface area contributed by atoms with Gasteiger partial charge in [-0.1, -0.05) is 24.3 Å². The third kappa shape index (κ3) is 3.05. The number of anilines is 1. The second-order valence-corrected chi connectivity index (χ2v) is 4.53. The van der Waals surface area contributed by atoms with Crippen molar-refractivity contribution >= 4 is 5.69 Å². The second kappa shape index (κ2) is 6.45.